The van der Waals surface area contributed by atoms with Crippen molar-refractivity contribution in [1.29, 1.82) is 0 Å². The number of aromatic nitrogens is 2. The molecule has 0 bridgehead atoms. The molecule has 2 aromatic rings. The number of nitrogens with zero attached hydrogens (tertiary/aromatic N) is 2. The SMILES string of the molecule is O=[N+]([O-])c1cc(S(=O)(=O)NCCc2ncc[nH]2)ccc1Cl. The van der Waals surface area contributed by atoms with E-state index in [0.717, 1.165) is 6.07 Å². The number of sulfonamides is 1. The summed E-state index contributed by atoms with van der Waals surface area (Å²) in [5.41, 5.74) is -0.453. The lowest BCUT2D eigenvalue weighted by Crippen LogP contribution is -2.26. The van der Waals surface area contributed by atoms with Gasteiger partial charge in [0.2, 0.25) is 10.0 Å². The van der Waals surface area contributed by atoms with Gasteiger partial charge < -0.3 is 4.98 Å². The lowest BCUT2D eigenvalue weighted by molar-refractivity contribution is -0.384. The van der Waals surface area contributed by atoms with Crippen molar-refractivity contribution >= 4 is 27.3 Å². The number of hydrogen-bond donors (Lipinski definition) is 2. The largest absolute Gasteiger partial charge is 0.349 e. The van der Waals surface area contributed by atoms with Gasteiger partial charge in [0.1, 0.15) is 10.8 Å². The van der Waals surface area contributed by atoms with E-state index in [1.807, 2.05) is 0 Å². The summed E-state index contributed by atoms with van der Waals surface area (Å²) in [7, 11) is -3.84. The summed E-state index contributed by atoms with van der Waals surface area (Å²) < 4.78 is 26.4. The van der Waals surface area contributed by atoms with Gasteiger partial charge >= 0.3 is 0 Å². The molecule has 21 heavy (non-hydrogen) atoms. The molecule has 0 fully saturated rings. The number of imidazole rings is 1. The van der Waals surface area contributed by atoms with Crippen molar-refractivity contribution < 1.29 is 13.3 Å². The maximum Gasteiger partial charge on any atom is 0.289 e. The summed E-state index contributed by atoms with van der Waals surface area (Å²) >= 11 is 5.64. The van der Waals surface area contributed by atoms with Crippen molar-refractivity contribution in [3.63, 3.8) is 0 Å². The number of nitro groups is 1. The number of aromatic amines is 1. The van der Waals surface area contributed by atoms with E-state index < -0.39 is 20.6 Å². The van der Waals surface area contributed by atoms with Crippen LogP contribution < -0.4 is 4.72 Å². The number of nitro benzene ring substituents is 1. The standard InChI is InChI=1S/C11H11ClN4O4S/c12-9-2-1-8(7-10(9)16(17)18)21(19,20)15-4-3-11-13-5-6-14-11/h1-2,5-7,15H,3-4H2,(H,13,14). The van der Waals surface area contributed by atoms with Gasteiger partial charge in [0.15, 0.2) is 0 Å². The van der Waals surface area contributed by atoms with Crippen LogP contribution in [-0.2, 0) is 16.4 Å². The molecule has 10 heteroatoms. The molecule has 0 atom stereocenters. The van der Waals surface area contributed by atoms with Crippen LogP contribution in [0.2, 0.25) is 5.02 Å². The highest BCUT2D eigenvalue weighted by Gasteiger charge is 2.20. The molecule has 0 unspecified atom stereocenters. The number of hydrogen-bond acceptors (Lipinski definition) is 5. The first-order chi connectivity index (χ1) is 9.90. The summed E-state index contributed by atoms with van der Waals surface area (Å²) in [5, 5.41) is 10.6. The molecule has 0 radical (unpaired) electrons. The van der Waals surface area contributed by atoms with Crippen LogP contribution in [-0.4, -0.2) is 29.9 Å². The van der Waals surface area contributed by atoms with Crippen LogP contribution in [0.4, 0.5) is 5.69 Å². The average Bonchev–Trinajstić information content (AvgIpc) is 2.91. The van der Waals surface area contributed by atoms with Gasteiger partial charge in [0.05, 0.1) is 9.82 Å². The van der Waals surface area contributed by atoms with Gasteiger partial charge in [-0.15, -0.1) is 0 Å². The molecule has 2 rings (SSSR count). The zero-order chi connectivity index (χ0) is 15.5. The summed E-state index contributed by atoms with van der Waals surface area (Å²) in [6.45, 7) is 0.117. The zero-order valence-corrected chi connectivity index (χ0v) is 12.2. The van der Waals surface area contributed by atoms with Gasteiger partial charge in [0, 0.05) is 31.4 Å². The number of halogens is 1. The number of rotatable bonds is 6. The van der Waals surface area contributed by atoms with Gasteiger partial charge in [-0.1, -0.05) is 11.6 Å². The molecule has 1 aromatic carbocycles. The maximum absolute atomic E-state index is 12.0. The number of nitrogens with one attached hydrogen (secondary N) is 2. The quantitative estimate of drug-likeness (QED) is 0.614. The van der Waals surface area contributed by atoms with E-state index >= 15 is 0 Å². The molecule has 0 saturated carbocycles. The summed E-state index contributed by atoms with van der Waals surface area (Å²) in [6.07, 6.45) is 3.57. The highest BCUT2D eigenvalue weighted by molar-refractivity contribution is 7.89. The Labute approximate surface area is 125 Å². The molecule has 112 valence electrons. The topological polar surface area (TPSA) is 118 Å². The van der Waals surface area contributed by atoms with Gasteiger partial charge in [-0.05, 0) is 12.1 Å². The second-order valence-corrected chi connectivity index (χ2v) is 6.23. The summed E-state index contributed by atoms with van der Waals surface area (Å²) in [6, 6.07) is 3.32. The predicted molar refractivity (Wildman–Crippen MR) is 75.6 cm³/mol. The smallest absolute Gasteiger partial charge is 0.289 e. The molecular weight excluding hydrogens is 320 g/mol. The molecule has 1 aromatic heterocycles. The monoisotopic (exact) mass is 330 g/mol. The molecule has 0 spiro atoms. The van der Waals surface area contributed by atoms with E-state index in [1.165, 1.54) is 12.1 Å². The van der Waals surface area contributed by atoms with E-state index in [4.69, 9.17) is 11.6 Å². The summed E-state index contributed by atoms with van der Waals surface area (Å²) in [4.78, 5) is 16.6. The van der Waals surface area contributed by atoms with Gasteiger partial charge in [-0.2, -0.15) is 0 Å². The Kier molecular flexibility index (Phi) is 4.56. The predicted octanol–water partition coefficient (Wildman–Crippen LogP) is 1.49. The van der Waals surface area contributed by atoms with Crippen molar-refractivity contribution in [2.45, 2.75) is 11.3 Å². The minimum Gasteiger partial charge on any atom is -0.349 e. The Morgan fingerprint density at radius 2 is 2.19 bits per heavy atom. The van der Waals surface area contributed by atoms with Crippen LogP contribution in [0, 0.1) is 10.1 Å². The molecule has 8 nitrogen and oxygen atoms in total. The van der Waals surface area contributed by atoms with Crippen molar-refractivity contribution in [2.24, 2.45) is 0 Å². The normalized spacial score (nSPS) is 11.5. The van der Waals surface area contributed by atoms with Crippen LogP contribution >= 0.6 is 11.6 Å². The number of H-pyrrole nitrogens is 1. The third kappa shape index (κ3) is 3.78. The molecule has 0 aliphatic carbocycles. The molecule has 0 aliphatic rings. The van der Waals surface area contributed by atoms with E-state index in [9.17, 15) is 18.5 Å². The molecule has 0 saturated heterocycles. The van der Waals surface area contributed by atoms with Crippen LogP contribution in [0.5, 0.6) is 0 Å². The highest BCUT2D eigenvalue weighted by Crippen LogP contribution is 2.26. The first-order valence-corrected chi connectivity index (χ1v) is 7.68. The minimum absolute atomic E-state index is 0.116. The van der Waals surface area contributed by atoms with Crippen LogP contribution in [0.25, 0.3) is 0 Å². The lowest BCUT2D eigenvalue weighted by atomic mass is 10.3. The molecule has 2 N–H and O–H groups in total. The van der Waals surface area contributed by atoms with E-state index in [2.05, 4.69) is 14.7 Å². The van der Waals surface area contributed by atoms with Gasteiger partial charge in [-0.25, -0.2) is 18.1 Å². The maximum atomic E-state index is 12.0. The van der Waals surface area contributed by atoms with Crippen molar-refractivity contribution in [1.82, 2.24) is 14.7 Å². The fraction of sp³-hybridized carbons (Fsp3) is 0.182. The second kappa shape index (κ2) is 6.20. The average molecular weight is 331 g/mol. The van der Waals surface area contributed by atoms with Crippen molar-refractivity contribution in [2.75, 3.05) is 6.54 Å². The molecule has 1 heterocycles. The molecule has 0 aliphatic heterocycles. The summed E-state index contributed by atoms with van der Waals surface area (Å²) in [5.74, 6) is 0.639. The van der Waals surface area contributed by atoms with Crippen LogP contribution in [0.3, 0.4) is 0 Å². The Morgan fingerprint density at radius 1 is 1.43 bits per heavy atom. The Bertz CT molecular complexity index is 746. The molecule has 0 amide bonds. The van der Waals surface area contributed by atoms with E-state index in [0.29, 0.717) is 12.2 Å². The van der Waals surface area contributed by atoms with Gasteiger partial charge in [0.25, 0.3) is 5.69 Å². The minimum atomic E-state index is -3.84. The first kappa shape index (κ1) is 15.4. The zero-order valence-electron chi connectivity index (χ0n) is 10.6. The van der Waals surface area contributed by atoms with Crippen LogP contribution in [0.1, 0.15) is 5.82 Å². The Morgan fingerprint density at radius 3 is 2.81 bits per heavy atom. The third-order valence-corrected chi connectivity index (χ3v) is 4.41. The van der Waals surface area contributed by atoms with E-state index in [1.54, 1.807) is 12.4 Å². The van der Waals surface area contributed by atoms with Crippen molar-refractivity contribution in [3.05, 3.63) is 51.6 Å². The highest BCUT2D eigenvalue weighted by atomic mass is 35.5. The van der Waals surface area contributed by atoms with E-state index in [-0.39, 0.29) is 16.5 Å². The Hall–Kier alpha value is -1.97. The lowest BCUT2D eigenvalue weighted by Gasteiger charge is -2.06. The fourth-order valence-electron chi connectivity index (χ4n) is 1.62. The first-order valence-electron chi connectivity index (χ1n) is 5.82. The fourth-order valence-corrected chi connectivity index (χ4v) is 2.86. The van der Waals surface area contributed by atoms with Crippen LogP contribution in [0.15, 0.2) is 35.5 Å². The van der Waals surface area contributed by atoms with Gasteiger partial charge in [-0.3, -0.25) is 10.1 Å². The second-order valence-electron chi connectivity index (χ2n) is 4.05. The van der Waals surface area contributed by atoms with Crippen molar-refractivity contribution in [3.8, 4) is 0 Å². The third-order valence-electron chi connectivity index (χ3n) is 2.63. The number of benzene rings is 1. The molecular formula is C11H11ClN4O4S. The Balaban J connectivity index is 2.12.